The van der Waals surface area contributed by atoms with Crippen LogP contribution in [0.2, 0.25) is 0 Å². The van der Waals surface area contributed by atoms with Crippen molar-refractivity contribution in [3.05, 3.63) is 69.3 Å². The molecular weight excluding hydrogens is 516 g/mol. The van der Waals surface area contributed by atoms with Gasteiger partial charge >= 0.3 is 0 Å². The highest BCUT2D eigenvalue weighted by Crippen LogP contribution is 2.39. The summed E-state index contributed by atoms with van der Waals surface area (Å²) in [5, 5.41) is 8.65. The minimum Gasteiger partial charge on any atom is -0.493 e. The second-order valence-electron chi connectivity index (χ2n) is 7.96. The van der Waals surface area contributed by atoms with Gasteiger partial charge in [-0.2, -0.15) is 4.98 Å². The second kappa shape index (κ2) is 10.7. The second-order valence-corrected chi connectivity index (χ2v) is 9.94. The number of carbonyl (C=O) groups is 1. The molecule has 0 radical (unpaired) electrons. The monoisotopic (exact) mass is 542 g/mol. The first-order chi connectivity index (χ1) is 16.4. The number of anilines is 1. The van der Waals surface area contributed by atoms with E-state index in [1.54, 1.807) is 30.5 Å². The van der Waals surface area contributed by atoms with Gasteiger partial charge in [-0.05, 0) is 55.7 Å². The summed E-state index contributed by atoms with van der Waals surface area (Å²) in [4.78, 5) is 17.3. The normalized spacial score (nSPS) is 15.0. The number of methoxy groups -OCH3 is 1. The number of thioether (sulfide) groups is 1. The smallest absolute Gasteiger partial charge is 0.227 e. The average molecular weight is 543 g/mol. The molecule has 1 aliphatic heterocycles. The molecule has 7 nitrogen and oxygen atoms in total. The van der Waals surface area contributed by atoms with Crippen LogP contribution in [0.5, 0.6) is 11.5 Å². The quantitative estimate of drug-likeness (QED) is 0.331. The molecule has 0 amide bonds. The lowest BCUT2D eigenvalue weighted by molar-refractivity contribution is -0.114. The van der Waals surface area contributed by atoms with Crippen molar-refractivity contribution in [1.82, 2.24) is 14.8 Å². The standard InChI is InChI=1S/C25H27BrN4O3S/c1-5-12-34-25-28-24-27-15(2)22(16(3)31)23(30(24)29-25)18-8-11-20(21(13-18)32-4)33-14-17-6-9-19(26)10-7-17/h6-11,13,23H,5,12,14H2,1-4H3,(H,27,28,29). The molecule has 2 aromatic carbocycles. The van der Waals surface area contributed by atoms with E-state index in [1.807, 2.05) is 49.4 Å². The summed E-state index contributed by atoms with van der Waals surface area (Å²) in [6.07, 6.45) is 1.03. The number of ether oxygens (including phenoxy) is 2. The summed E-state index contributed by atoms with van der Waals surface area (Å²) in [6, 6.07) is 13.3. The van der Waals surface area contributed by atoms with Gasteiger partial charge in [-0.1, -0.05) is 52.8 Å². The molecule has 0 saturated carbocycles. The molecule has 0 fully saturated rings. The van der Waals surface area contributed by atoms with Crippen molar-refractivity contribution < 1.29 is 14.3 Å². The molecule has 178 valence electrons. The van der Waals surface area contributed by atoms with Crippen LogP contribution in [0.25, 0.3) is 0 Å². The Bertz CT molecular complexity index is 1220. The fraction of sp³-hybridized carbons (Fsp3) is 0.320. The van der Waals surface area contributed by atoms with E-state index in [4.69, 9.17) is 14.6 Å². The van der Waals surface area contributed by atoms with Gasteiger partial charge in [0.15, 0.2) is 17.3 Å². The first kappa shape index (κ1) is 24.3. The Morgan fingerprint density at radius 1 is 1.21 bits per heavy atom. The number of hydrogen-bond donors (Lipinski definition) is 1. The van der Waals surface area contributed by atoms with Crippen LogP contribution in [0.1, 0.15) is 44.4 Å². The van der Waals surface area contributed by atoms with E-state index >= 15 is 0 Å². The van der Waals surface area contributed by atoms with Gasteiger partial charge in [-0.25, -0.2) is 4.68 Å². The zero-order chi connectivity index (χ0) is 24.2. The molecule has 2 heterocycles. The van der Waals surface area contributed by atoms with E-state index in [0.29, 0.717) is 34.8 Å². The van der Waals surface area contributed by atoms with Crippen LogP contribution in [0.15, 0.2) is 63.4 Å². The number of aromatic nitrogens is 3. The lowest BCUT2D eigenvalue weighted by atomic mass is 9.93. The predicted octanol–water partition coefficient (Wildman–Crippen LogP) is 6.01. The molecule has 1 aromatic heterocycles. The van der Waals surface area contributed by atoms with Gasteiger partial charge in [-0.3, -0.25) is 4.79 Å². The van der Waals surface area contributed by atoms with Crippen molar-refractivity contribution in [3.8, 4) is 11.5 Å². The fourth-order valence-electron chi connectivity index (χ4n) is 3.87. The molecule has 3 aromatic rings. The van der Waals surface area contributed by atoms with Crippen LogP contribution in [-0.2, 0) is 11.4 Å². The van der Waals surface area contributed by atoms with Crippen LogP contribution < -0.4 is 14.8 Å². The van der Waals surface area contributed by atoms with Crippen molar-refractivity contribution in [2.24, 2.45) is 0 Å². The Balaban J connectivity index is 1.68. The Morgan fingerprint density at radius 3 is 2.65 bits per heavy atom. The highest BCUT2D eigenvalue weighted by Gasteiger charge is 2.33. The van der Waals surface area contributed by atoms with Gasteiger partial charge in [0, 0.05) is 21.5 Å². The number of fused-ring (bicyclic) bond motifs is 1. The molecule has 34 heavy (non-hydrogen) atoms. The maximum absolute atomic E-state index is 12.7. The van der Waals surface area contributed by atoms with Crippen molar-refractivity contribution in [1.29, 1.82) is 0 Å². The highest BCUT2D eigenvalue weighted by molar-refractivity contribution is 9.10. The number of Topliss-reactive ketones (excluding diaryl/α,β-unsaturated/α-hetero) is 1. The zero-order valence-corrected chi connectivity index (χ0v) is 22.0. The summed E-state index contributed by atoms with van der Waals surface area (Å²) in [6.45, 7) is 6.01. The molecule has 4 rings (SSSR count). The van der Waals surface area contributed by atoms with E-state index < -0.39 is 6.04 Å². The third kappa shape index (κ3) is 5.15. The van der Waals surface area contributed by atoms with E-state index in [-0.39, 0.29) is 5.78 Å². The van der Waals surface area contributed by atoms with Gasteiger partial charge in [0.25, 0.3) is 0 Å². The average Bonchev–Trinajstić information content (AvgIpc) is 3.23. The highest BCUT2D eigenvalue weighted by atomic mass is 79.9. The number of allylic oxidation sites excluding steroid dienone is 2. The van der Waals surface area contributed by atoms with Crippen molar-refractivity contribution in [2.45, 2.75) is 45.0 Å². The van der Waals surface area contributed by atoms with Crippen LogP contribution in [-0.4, -0.2) is 33.4 Å². The van der Waals surface area contributed by atoms with Crippen LogP contribution in [0.4, 0.5) is 5.95 Å². The number of hydrogen-bond acceptors (Lipinski definition) is 7. The van der Waals surface area contributed by atoms with E-state index in [2.05, 4.69) is 33.2 Å². The van der Waals surface area contributed by atoms with Crippen LogP contribution in [0, 0.1) is 0 Å². The third-order valence-electron chi connectivity index (χ3n) is 5.46. The van der Waals surface area contributed by atoms with E-state index in [9.17, 15) is 4.79 Å². The maximum atomic E-state index is 12.7. The van der Waals surface area contributed by atoms with E-state index in [0.717, 1.165) is 33.5 Å². The Morgan fingerprint density at radius 2 is 1.97 bits per heavy atom. The number of ketones is 1. The molecule has 0 bridgehead atoms. The minimum atomic E-state index is -0.411. The summed E-state index contributed by atoms with van der Waals surface area (Å²) in [5.41, 5.74) is 3.35. The van der Waals surface area contributed by atoms with Gasteiger partial charge in [0.1, 0.15) is 12.6 Å². The molecular formula is C25H27BrN4O3S. The maximum Gasteiger partial charge on any atom is 0.227 e. The zero-order valence-electron chi connectivity index (χ0n) is 19.6. The number of carbonyl (C=O) groups excluding carboxylic acids is 1. The van der Waals surface area contributed by atoms with Gasteiger partial charge < -0.3 is 14.8 Å². The van der Waals surface area contributed by atoms with Gasteiger partial charge in [0.2, 0.25) is 11.1 Å². The number of nitrogens with one attached hydrogen (secondary N) is 1. The van der Waals surface area contributed by atoms with Gasteiger partial charge in [-0.15, -0.1) is 5.10 Å². The molecule has 1 N–H and O–H groups in total. The lowest BCUT2D eigenvalue weighted by Gasteiger charge is -2.28. The Labute approximate surface area is 212 Å². The molecule has 0 aliphatic carbocycles. The summed E-state index contributed by atoms with van der Waals surface area (Å²) >= 11 is 5.05. The number of rotatable bonds is 9. The number of benzene rings is 2. The summed E-state index contributed by atoms with van der Waals surface area (Å²) in [7, 11) is 1.61. The molecule has 1 unspecified atom stereocenters. The first-order valence-corrected chi connectivity index (χ1v) is 12.8. The van der Waals surface area contributed by atoms with E-state index in [1.165, 1.54) is 0 Å². The number of halogens is 1. The topological polar surface area (TPSA) is 78.3 Å². The molecule has 9 heteroatoms. The largest absolute Gasteiger partial charge is 0.493 e. The van der Waals surface area contributed by atoms with Crippen LogP contribution in [0.3, 0.4) is 0 Å². The Hall–Kier alpha value is -2.78. The van der Waals surface area contributed by atoms with Crippen molar-refractivity contribution in [3.63, 3.8) is 0 Å². The third-order valence-corrected chi connectivity index (χ3v) is 7.03. The molecule has 1 aliphatic rings. The SMILES string of the molecule is CCCSc1nc2n(n1)C(c1ccc(OCc3ccc(Br)cc3)c(OC)c1)C(C(C)=O)=C(C)N2. The lowest BCUT2D eigenvalue weighted by Crippen LogP contribution is -2.27. The molecule has 0 spiro atoms. The first-order valence-electron chi connectivity index (χ1n) is 11.0. The molecule has 1 atom stereocenters. The summed E-state index contributed by atoms with van der Waals surface area (Å²) < 4.78 is 14.5. The Kier molecular flexibility index (Phi) is 7.63. The number of nitrogens with zero attached hydrogens (tertiary/aromatic N) is 3. The van der Waals surface area contributed by atoms with Crippen molar-refractivity contribution in [2.75, 3.05) is 18.2 Å². The molecule has 0 saturated heterocycles. The summed E-state index contributed by atoms with van der Waals surface area (Å²) in [5.74, 6) is 2.76. The van der Waals surface area contributed by atoms with Gasteiger partial charge in [0.05, 0.1) is 7.11 Å². The fourth-order valence-corrected chi connectivity index (χ4v) is 4.81. The van der Waals surface area contributed by atoms with Crippen molar-refractivity contribution >= 4 is 39.4 Å². The minimum absolute atomic E-state index is 0.0200. The van der Waals surface area contributed by atoms with Crippen LogP contribution >= 0.6 is 27.7 Å². The predicted molar refractivity (Wildman–Crippen MR) is 138 cm³/mol.